The lowest BCUT2D eigenvalue weighted by atomic mass is 10.1. The van der Waals surface area contributed by atoms with Gasteiger partial charge in [0.1, 0.15) is 5.01 Å². The van der Waals surface area contributed by atoms with Crippen LogP contribution in [0.25, 0.3) is 20.8 Å². The molecule has 0 spiro atoms. The minimum absolute atomic E-state index is 0.309. The third-order valence-electron chi connectivity index (χ3n) is 3.19. The number of alkyl halides is 3. The van der Waals surface area contributed by atoms with Crippen LogP contribution in [0.2, 0.25) is 0 Å². The molecule has 0 aliphatic carbocycles. The van der Waals surface area contributed by atoms with E-state index in [0.717, 1.165) is 27.9 Å². The summed E-state index contributed by atoms with van der Waals surface area (Å²) in [5.74, 6) is 0. The molecule has 110 valence electrons. The molecule has 0 fully saturated rings. The van der Waals surface area contributed by atoms with Crippen LogP contribution in [-0.2, 0) is 12.6 Å². The fraction of sp³-hybridized carbons (Fsp3) is 0.125. The van der Waals surface area contributed by atoms with Crippen molar-refractivity contribution in [1.29, 1.82) is 5.26 Å². The third-order valence-corrected chi connectivity index (χ3v) is 4.28. The van der Waals surface area contributed by atoms with Crippen LogP contribution in [0.15, 0.2) is 42.5 Å². The maximum atomic E-state index is 12.6. The Kier molecular flexibility index (Phi) is 3.59. The molecule has 2 aromatic carbocycles. The number of thiazole rings is 1. The first-order chi connectivity index (χ1) is 10.5. The topological polar surface area (TPSA) is 36.7 Å². The third kappa shape index (κ3) is 2.81. The molecule has 0 atom stereocenters. The standard InChI is InChI=1S/C16H9F3N2S/c17-16(18,19)12-4-2-11(3-5-12)15-21-13-9-10(7-8-20)1-6-14(13)22-15/h1-6,9H,7H2. The normalized spacial score (nSPS) is 11.5. The summed E-state index contributed by atoms with van der Waals surface area (Å²) in [5, 5.41) is 9.37. The van der Waals surface area contributed by atoms with Crippen molar-refractivity contribution in [1.82, 2.24) is 4.98 Å². The molecule has 22 heavy (non-hydrogen) atoms. The Morgan fingerprint density at radius 1 is 1.09 bits per heavy atom. The average Bonchev–Trinajstić information content (AvgIpc) is 2.90. The highest BCUT2D eigenvalue weighted by Gasteiger charge is 2.30. The van der Waals surface area contributed by atoms with E-state index in [2.05, 4.69) is 11.1 Å². The number of fused-ring (bicyclic) bond motifs is 1. The first kappa shape index (κ1) is 14.5. The van der Waals surface area contributed by atoms with E-state index in [1.807, 2.05) is 18.2 Å². The molecule has 0 unspecified atom stereocenters. The van der Waals surface area contributed by atoms with Gasteiger partial charge in [-0.1, -0.05) is 18.2 Å². The summed E-state index contributed by atoms with van der Waals surface area (Å²) in [7, 11) is 0. The number of aromatic nitrogens is 1. The van der Waals surface area contributed by atoms with Crippen molar-refractivity contribution >= 4 is 21.6 Å². The zero-order chi connectivity index (χ0) is 15.7. The van der Waals surface area contributed by atoms with Crippen LogP contribution in [-0.4, -0.2) is 4.98 Å². The molecule has 2 nitrogen and oxygen atoms in total. The van der Waals surface area contributed by atoms with Gasteiger partial charge >= 0.3 is 6.18 Å². The van der Waals surface area contributed by atoms with Gasteiger partial charge in [-0.25, -0.2) is 4.98 Å². The van der Waals surface area contributed by atoms with E-state index in [4.69, 9.17) is 5.26 Å². The second kappa shape index (κ2) is 5.43. The number of hydrogen-bond donors (Lipinski definition) is 0. The van der Waals surface area contributed by atoms with Crippen LogP contribution >= 0.6 is 11.3 Å². The maximum Gasteiger partial charge on any atom is 0.416 e. The Hall–Kier alpha value is -2.39. The molecule has 0 N–H and O–H groups in total. The predicted molar refractivity (Wildman–Crippen MR) is 79.4 cm³/mol. The van der Waals surface area contributed by atoms with Crippen LogP contribution in [0.4, 0.5) is 13.2 Å². The van der Waals surface area contributed by atoms with Gasteiger partial charge in [-0.05, 0) is 29.8 Å². The number of benzene rings is 2. The van der Waals surface area contributed by atoms with Crippen molar-refractivity contribution in [2.75, 3.05) is 0 Å². The van der Waals surface area contributed by atoms with Crippen molar-refractivity contribution in [3.63, 3.8) is 0 Å². The Morgan fingerprint density at radius 3 is 2.45 bits per heavy atom. The first-order valence-corrected chi connectivity index (χ1v) is 7.23. The van der Waals surface area contributed by atoms with Crippen LogP contribution in [0, 0.1) is 11.3 Å². The Labute approximate surface area is 128 Å². The van der Waals surface area contributed by atoms with E-state index in [9.17, 15) is 13.2 Å². The number of rotatable bonds is 2. The summed E-state index contributed by atoms with van der Waals surface area (Å²) in [4.78, 5) is 4.45. The van der Waals surface area contributed by atoms with Gasteiger partial charge in [0.2, 0.25) is 0 Å². The highest BCUT2D eigenvalue weighted by molar-refractivity contribution is 7.21. The molecule has 1 heterocycles. The average molecular weight is 318 g/mol. The largest absolute Gasteiger partial charge is 0.416 e. The Morgan fingerprint density at radius 2 is 1.82 bits per heavy atom. The summed E-state index contributed by atoms with van der Waals surface area (Å²) in [5.41, 5.74) is 1.61. The summed E-state index contributed by atoms with van der Waals surface area (Å²) in [6.07, 6.45) is -4.03. The highest BCUT2D eigenvalue weighted by atomic mass is 32.1. The van der Waals surface area contributed by atoms with Crippen LogP contribution in [0.1, 0.15) is 11.1 Å². The summed E-state index contributed by atoms with van der Waals surface area (Å²) >= 11 is 1.42. The fourth-order valence-electron chi connectivity index (χ4n) is 2.10. The van der Waals surface area contributed by atoms with Crippen molar-refractivity contribution in [3.05, 3.63) is 53.6 Å². The zero-order valence-electron chi connectivity index (χ0n) is 11.2. The highest BCUT2D eigenvalue weighted by Crippen LogP contribution is 2.34. The molecule has 0 aliphatic heterocycles. The molecule has 0 amide bonds. The lowest BCUT2D eigenvalue weighted by molar-refractivity contribution is -0.137. The smallest absolute Gasteiger partial charge is 0.236 e. The molecule has 6 heteroatoms. The van der Waals surface area contributed by atoms with E-state index in [1.165, 1.54) is 23.5 Å². The van der Waals surface area contributed by atoms with Gasteiger partial charge in [-0.15, -0.1) is 11.3 Å². The molecule has 3 rings (SSSR count). The molecule has 0 radical (unpaired) electrons. The van der Waals surface area contributed by atoms with Gasteiger partial charge in [-0.3, -0.25) is 0 Å². The maximum absolute atomic E-state index is 12.6. The summed E-state index contributed by atoms with van der Waals surface area (Å²) < 4.78 is 38.6. The molecule has 1 aromatic heterocycles. The van der Waals surface area contributed by atoms with E-state index in [0.29, 0.717) is 17.0 Å². The molecular formula is C16H9F3N2S. The van der Waals surface area contributed by atoms with Crippen molar-refractivity contribution in [2.24, 2.45) is 0 Å². The first-order valence-electron chi connectivity index (χ1n) is 6.41. The van der Waals surface area contributed by atoms with Crippen molar-refractivity contribution in [3.8, 4) is 16.6 Å². The summed E-state index contributed by atoms with van der Waals surface area (Å²) in [6.45, 7) is 0. The van der Waals surface area contributed by atoms with Gasteiger partial charge in [0.15, 0.2) is 0 Å². The van der Waals surface area contributed by atoms with Crippen LogP contribution in [0.5, 0.6) is 0 Å². The monoisotopic (exact) mass is 318 g/mol. The van der Waals surface area contributed by atoms with E-state index in [1.54, 1.807) is 0 Å². The number of hydrogen-bond acceptors (Lipinski definition) is 3. The van der Waals surface area contributed by atoms with Gasteiger partial charge in [0.25, 0.3) is 0 Å². The molecule has 0 bridgehead atoms. The SMILES string of the molecule is N#CCc1ccc2sc(-c3ccc(C(F)(F)F)cc3)nc2c1. The van der Waals surface area contributed by atoms with Crippen LogP contribution < -0.4 is 0 Å². The molecule has 3 aromatic rings. The van der Waals surface area contributed by atoms with Gasteiger partial charge in [0.05, 0.1) is 28.3 Å². The Bertz CT molecular complexity index is 858. The number of nitriles is 1. The van der Waals surface area contributed by atoms with E-state index < -0.39 is 11.7 Å². The molecular weight excluding hydrogens is 309 g/mol. The zero-order valence-corrected chi connectivity index (χ0v) is 12.0. The predicted octanol–water partition coefficient (Wildman–Crippen LogP) is 5.05. The quantitative estimate of drug-likeness (QED) is 0.663. The summed E-state index contributed by atoms with van der Waals surface area (Å²) in [6, 6.07) is 12.6. The Balaban J connectivity index is 1.98. The van der Waals surface area contributed by atoms with E-state index >= 15 is 0 Å². The van der Waals surface area contributed by atoms with Crippen molar-refractivity contribution < 1.29 is 13.2 Å². The lowest BCUT2D eigenvalue weighted by Crippen LogP contribution is -2.03. The fourth-order valence-corrected chi connectivity index (χ4v) is 3.05. The molecule has 0 saturated carbocycles. The number of halogens is 3. The van der Waals surface area contributed by atoms with E-state index in [-0.39, 0.29) is 0 Å². The van der Waals surface area contributed by atoms with Gasteiger partial charge in [0, 0.05) is 5.56 Å². The number of nitrogens with zero attached hydrogens (tertiary/aromatic N) is 2. The molecule has 0 saturated heterocycles. The second-order valence-electron chi connectivity index (χ2n) is 4.73. The lowest BCUT2D eigenvalue weighted by Gasteiger charge is -2.06. The second-order valence-corrected chi connectivity index (χ2v) is 5.76. The molecule has 0 aliphatic rings. The van der Waals surface area contributed by atoms with Crippen LogP contribution in [0.3, 0.4) is 0 Å². The van der Waals surface area contributed by atoms with Gasteiger partial charge < -0.3 is 0 Å². The van der Waals surface area contributed by atoms with Gasteiger partial charge in [-0.2, -0.15) is 18.4 Å². The minimum atomic E-state index is -4.34. The van der Waals surface area contributed by atoms with Crippen molar-refractivity contribution in [2.45, 2.75) is 12.6 Å². The minimum Gasteiger partial charge on any atom is -0.236 e.